The largest absolute Gasteiger partial charge is 0.398 e. The Morgan fingerprint density at radius 3 is 2.55 bits per heavy atom. The van der Waals surface area contributed by atoms with Crippen molar-refractivity contribution in [3.63, 3.8) is 0 Å². The number of fused-ring (bicyclic) bond motifs is 1. The summed E-state index contributed by atoms with van der Waals surface area (Å²) in [6.07, 6.45) is 0.568. The molecule has 0 aliphatic rings. The second-order valence-corrected chi connectivity index (χ2v) is 7.94. The van der Waals surface area contributed by atoms with E-state index in [4.69, 9.17) is 27.2 Å². The van der Waals surface area contributed by atoms with E-state index >= 15 is 0 Å². The minimum Gasteiger partial charge on any atom is -0.398 e. The van der Waals surface area contributed by atoms with Crippen LogP contribution in [0.2, 0.25) is 0 Å². The summed E-state index contributed by atoms with van der Waals surface area (Å²) in [5, 5.41) is 3.16. The number of aryl methyl sites for hydroxylation is 1. The van der Waals surface area contributed by atoms with Crippen LogP contribution in [-0.2, 0) is 13.0 Å². The Kier molecular flexibility index (Phi) is 5.73. The summed E-state index contributed by atoms with van der Waals surface area (Å²) in [5.74, 6) is 1.61. The van der Waals surface area contributed by atoms with Crippen molar-refractivity contribution in [2.24, 2.45) is 5.73 Å². The number of aromatic nitrogens is 4. The number of hydrogen-bond acceptors (Lipinski definition) is 7. The zero-order chi connectivity index (χ0) is 22.0. The van der Waals surface area contributed by atoms with E-state index in [0.717, 1.165) is 28.2 Å². The number of nitrogens with two attached hydrogens (primary N) is 3. The molecule has 0 aliphatic heterocycles. The van der Waals surface area contributed by atoms with Crippen LogP contribution in [0.15, 0.2) is 48.5 Å². The van der Waals surface area contributed by atoms with Crippen LogP contribution >= 0.6 is 0 Å². The summed E-state index contributed by atoms with van der Waals surface area (Å²) >= 11 is 0. The zero-order valence-corrected chi connectivity index (χ0v) is 17.8. The SMILES string of the molecule is Cc1ccc(N)c(Cc2nc3c(N)nc(NCC(C)N)nc3n2Cc2ccccc2)c1. The van der Waals surface area contributed by atoms with Crippen molar-refractivity contribution >= 4 is 28.6 Å². The summed E-state index contributed by atoms with van der Waals surface area (Å²) in [5.41, 5.74) is 23.7. The van der Waals surface area contributed by atoms with Gasteiger partial charge in [-0.3, -0.25) is 0 Å². The maximum absolute atomic E-state index is 6.26. The van der Waals surface area contributed by atoms with Gasteiger partial charge >= 0.3 is 0 Å². The number of nitrogens with one attached hydrogen (secondary N) is 1. The van der Waals surface area contributed by atoms with Crippen LogP contribution in [0.25, 0.3) is 11.2 Å². The average molecular weight is 417 g/mol. The van der Waals surface area contributed by atoms with Gasteiger partial charge in [-0.05, 0) is 31.0 Å². The Morgan fingerprint density at radius 1 is 1.03 bits per heavy atom. The first-order valence-electron chi connectivity index (χ1n) is 10.3. The quantitative estimate of drug-likeness (QED) is 0.340. The smallest absolute Gasteiger partial charge is 0.226 e. The summed E-state index contributed by atoms with van der Waals surface area (Å²) in [4.78, 5) is 13.9. The minimum atomic E-state index is -0.0328. The highest BCUT2D eigenvalue weighted by molar-refractivity contribution is 5.83. The Balaban J connectivity index is 1.82. The molecule has 2 heterocycles. The molecule has 8 heteroatoms. The average Bonchev–Trinajstić information content (AvgIpc) is 3.08. The zero-order valence-electron chi connectivity index (χ0n) is 17.8. The monoisotopic (exact) mass is 416 g/mol. The second kappa shape index (κ2) is 8.61. The van der Waals surface area contributed by atoms with E-state index in [-0.39, 0.29) is 6.04 Å². The van der Waals surface area contributed by atoms with Gasteiger partial charge in [0.25, 0.3) is 0 Å². The molecule has 8 nitrogen and oxygen atoms in total. The molecule has 0 saturated heterocycles. The molecule has 0 fully saturated rings. The molecule has 0 radical (unpaired) electrons. The lowest BCUT2D eigenvalue weighted by Crippen LogP contribution is -2.26. The molecule has 7 N–H and O–H groups in total. The number of nitrogen functional groups attached to an aromatic ring is 2. The lowest BCUT2D eigenvalue weighted by atomic mass is 10.1. The Labute approximate surface area is 181 Å². The minimum absolute atomic E-state index is 0.0328. The van der Waals surface area contributed by atoms with Gasteiger partial charge in [0.15, 0.2) is 17.0 Å². The molecule has 2 aromatic carbocycles. The van der Waals surface area contributed by atoms with Gasteiger partial charge in [0, 0.05) is 24.7 Å². The van der Waals surface area contributed by atoms with E-state index in [9.17, 15) is 0 Å². The molecule has 1 atom stereocenters. The molecule has 31 heavy (non-hydrogen) atoms. The number of hydrogen-bond donors (Lipinski definition) is 4. The third-order valence-corrected chi connectivity index (χ3v) is 5.11. The first-order valence-corrected chi connectivity index (χ1v) is 10.3. The van der Waals surface area contributed by atoms with Gasteiger partial charge in [-0.15, -0.1) is 0 Å². The molecule has 4 rings (SSSR count). The van der Waals surface area contributed by atoms with Crippen LogP contribution in [0.3, 0.4) is 0 Å². The molecule has 0 aliphatic carbocycles. The van der Waals surface area contributed by atoms with Crippen LogP contribution in [0.5, 0.6) is 0 Å². The highest BCUT2D eigenvalue weighted by atomic mass is 15.2. The fraction of sp³-hybridized carbons (Fsp3) is 0.261. The van der Waals surface area contributed by atoms with Gasteiger partial charge in [0.05, 0.1) is 6.54 Å². The van der Waals surface area contributed by atoms with Crippen molar-refractivity contribution in [2.75, 3.05) is 23.3 Å². The molecule has 1 unspecified atom stereocenters. The van der Waals surface area contributed by atoms with Gasteiger partial charge in [-0.1, -0.05) is 48.0 Å². The van der Waals surface area contributed by atoms with Gasteiger partial charge in [-0.25, -0.2) is 4.98 Å². The van der Waals surface area contributed by atoms with Crippen molar-refractivity contribution in [1.82, 2.24) is 19.5 Å². The number of rotatable bonds is 7. The fourth-order valence-corrected chi connectivity index (χ4v) is 3.52. The molecule has 160 valence electrons. The molecule has 0 amide bonds. The van der Waals surface area contributed by atoms with Crippen LogP contribution in [0.4, 0.5) is 17.5 Å². The topological polar surface area (TPSA) is 134 Å². The highest BCUT2D eigenvalue weighted by Crippen LogP contribution is 2.25. The number of nitrogens with zero attached hydrogens (tertiary/aromatic N) is 4. The van der Waals surface area contributed by atoms with Gasteiger partial charge in [-0.2, -0.15) is 9.97 Å². The van der Waals surface area contributed by atoms with Crippen LogP contribution < -0.4 is 22.5 Å². The van der Waals surface area contributed by atoms with Gasteiger partial charge in [0.1, 0.15) is 5.82 Å². The number of benzene rings is 2. The van der Waals surface area contributed by atoms with Gasteiger partial charge < -0.3 is 27.1 Å². The van der Waals surface area contributed by atoms with Crippen molar-refractivity contribution in [3.05, 3.63) is 71.0 Å². The van der Waals surface area contributed by atoms with Crippen molar-refractivity contribution < 1.29 is 0 Å². The molecular weight excluding hydrogens is 388 g/mol. The lowest BCUT2D eigenvalue weighted by molar-refractivity contribution is 0.752. The van der Waals surface area contributed by atoms with Crippen molar-refractivity contribution in [2.45, 2.75) is 32.9 Å². The maximum atomic E-state index is 6.26. The third-order valence-electron chi connectivity index (χ3n) is 5.11. The predicted molar refractivity (Wildman–Crippen MR) is 126 cm³/mol. The summed E-state index contributed by atoms with van der Waals surface area (Å²) < 4.78 is 2.08. The first kappa shape index (κ1) is 20.6. The van der Waals surface area contributed by atoms with E-state index in [1.165, 1.54) is 0 Å². The van der Waals surface area contributed by atoms with Crippen LogP contribution in [-0.4, -0.2) is 32.1 Å². The van der Waals surface area contributed by atoms with E-state index in [0.29, 0.717) is 42.4 Å². The number of anilines is 3. The summed E-state index contributed by atoms with van der Waals surface area (Å²) in [6, 6.07) is 16.2. The normalized spacial score (nSPS) is 12.2. The van der Waals surface area contributed by atoms with Crippen molar-refractivity contribution in [3.8, 4) is 0 Å². The first-order chi connectivity index (χ1) is 14.9. The van der Waals surface area contributed by atoms with E-state index < -0.39 is 0 Å². The molecule has 0 saturated carbocycles. The van der Waals surface area contributed by atoms with E-state index in [1.807, 2.05) is 37.3 Å². The second-order valence-electron chi connectivity index (χ2n) is 7.94. The fourth-order valence-electron chi connectivity index (χ4n) is 3.52. The van der Waals surface area contributed by atoms with E-state index in [2.05, 4.69) is 40.0 Å². The molecule has 0 spiro atoms. The molecule has 0 bridgehead atoms. The lowest BCUT2D eigenvalue weighted by Gasteiger charge is -2.12. The van der Waals surface area contributed by atoms with Gasteiger partial charge in [0.2, 0.25) is 5.95 Å². The number of imidazole rings is 1. The summed E-state index contributed by atoms with van der Waals surface area (Å²) in [7, 11) is 0. The van der Waals surface area contributed by atoms with Crippen LogP contribution in [0, 0.1) is 6.92 Å². The summed E-state index contributed by atoms with van der Waals surface area (Å²) in [6.45, 7) is 5.13. The highest BCUT2D eigenvalue weighted by Gasteiger charge is 2.18. The van der Waals surface area contributed by atoms with Crippen molar-refractivity contribution in [1.29, 1.82) is 0 Å². The Hall–Kier alpha value is -3.65. The predicted octanol–water partition coefficient (Wildman–Crippen LogP) is 2.70. The molecule has 2 aromatic heterocycles. The third kappa shape index (κ3) is 4.59. The van der Waals surface area contributed by atoms with E-state index in [1.54, 1.807) is 0 Å². The molecular formula is C23H28N8. The Morgan fingerprint density at radius 2 is 1.81 bits per heavy atom. The standard InChI is InChI=1S/C23H28N8/c1-14-8-9-18(25)17(10-14)11-19-28-20-21(26)29-23(27-12-15(2)24)30-22(20)31(19)13-16-6-4-3-5-7-16/h3-10,15H,11-13,24-25H2,1-2H3,(H3,26,27,29,30). The Bertz CT molecular complexity index is 1200. The maximum Gasteiger partial charge on any atom is 0.226 e. The van der Waals surface area contributed by atoms with Crippen LogP contribution in [0.1, 0.15) is 29.4 Å². The molecule has 4 aromatic rings.